The molecule has 108 valence electrons. The summed E-state index contributed by atoms with van der Waals surface area (Å²) in [5.74, 6) is 0.820. The highest BCUT2D eigenvalue weighted by Crippen LogP contribution is 2.20. The molecule has 1 aromatic rings. The van der Waals surface area contributed by atoms with Crippen LogP contribution in [0.5, 0.6) is 5.75 Å². The van der Waals surface area contributed by atoms with Crippen LogP contribution in [0.4, 0.5) is 0 Å². The van der Waals surface area contributed by atoms with Gasteiger partial charge in [0.25, 0.3) is 0 Å². The summed E-state index contributed by atoms with van der Waals surface area (Å²) in [5.41, 5.74) is 12.1. The lowest BCUT2D eigenvalue weighted by Gasteiger charge is -2.24. The molecule has 0 radical (unpaired) electrons. The van der Waals surface area contributed by atoms with Crippen molar-refractivity contribution in [3.63, 3.8) is 0 Å². The third-order valence-electron chi connectivity index (χ3n) is 3.30. The highest BCUT2D eigenvalue weighted by atomic mass is 35.5. The summed E-state index contributed by atoms with van der Waals surface area (Å²) in [6.07, 6.45) is 3.61. The zero-order chi connectivity index (χ0) is 14.3. The van der Waals surface area contributed by atoms with Gasteiger partial charge in [-0.25, -0.2) is 0 Å². The van der Waals surface area contributed by atoms with Crippen LogP contribution in [-0.4, -0.2) is 18.2 Å². The van der Waals surface area contributed by atoms with Crippen LogP contribution in [0.25, 0.3) is 0 Å². The smallest absolute Gasteiger partial charge is 0.119 e. The summed E-state index contributed by atoms with van der Waals surface area (Å²) in [5, 5.41) is 0.708. The first-order chi connectivity index (χ1) is 9.05. The maximum Gasteiger partial charge on any atom is 0.119 e. The molecule has 0 amide bonds. The van der Waals surface area contributed by atoms with Crippen LogP contribution in [0.15, 0.2) is 24.3 Å². The summed E-state index contributed by atoms with van der Waals surface area (Å²) in [4.78, 5) is 0. The number of hydrogen-bond donors (Lipinski definition) is 2. The fourth-order valence-corrected chi connectivity index (χ4v) is 2.03. The molecule has 4 N–H and O–H groups in total. The molecule has 4 heteroatoms. The molecule has 0 fully saturated rings. The van der Waals surface area contributed by atoms with Gasteiger partial charge in [0.1, 0.15) is 11.9 Å². The molecular formula is C15H25ClN2O. The predicted molar refractivity (Wildman–Crippen MR) is 81.6 cm³/mol. The Morgan fingerprint density at radius 3 is 1.89 bits per heavy atom. The Bertz CT molecular complexity index is 344. The molecule has 0 aliphatic rings. The molecule has 0 spiro atoms. The maximum absolute atomic E-state index is 6.03. The number of ether oxygens (including phenoxy) is 1. The van der Waals surface area contributed by atoms with Gasteiger partial charge in [-0.2, -0.15) is 0 Å². The first-order valence-corrected chi connectivity index (χ1v) is 7.36. The molecule has 0 bridgehead atoms. The fourth-order valence-electron chi connectivity index (χ4n) is 1.91. The lowest BCUT2D eigenvalue weighted by Crippen LogP contribution is -2.34. The zero-order valence-corrected chi connectivity index (χ0v) is 12.6. The minimum atomic E-state index is 0.0612. The van der Waals surface area contributed by atoms with Crippen molar-refractivity contribution in [3.8, 4) is 5.75 Å². The van der Waals surface area contributed by atoms with Crippen molar-refractivity contribution in [2.75, 3.05) is 0 Å². The van der Waals surface area contributed by atoms with Crippen LogP contribution in [-0.2, 0) is 0 Å². The van der Waals surface area contributed by atoms with Gasteiger partial charge < -0.3 is 16.2 Å². The number of hydrogen-bond acceptors (Lipinski definition) is 3. The van der Waals surface area contributed by atoms with Crippen molar-refractivity contribution in [2.24, 2.45) is 11.5 Å². The lowest BCUT2D eigenvalue weighted by atomic mass is 10.0. The molecule has 0 aliphatic carbocycles. The Kier molecular flexibility index (Phi) is 7.21. The molecule has 0 saturated heterocycles. The van der Waals surface area contributed by atoms with Crippen LogP contribution in [0.2, 0.25) is 5.02 Å². The van der Waals surface area contributed by atoms with E-state index in [1.54, 1.807) is 0 Å². The highest BCUT2D eigenvalue weighted by Gasteiger charge is 2.17. The first kappa shape index (κ1) is 16.3. The van der Waals surface area contributed by atoms with Gasteiger partial charge >= 0.3 is 0 Å². The normalized spacial score (nSPS) is 15.8. The molecule has 19 heavy (non-hydrogen) atoms. The molecule has 0 aliphatic heterocycles. The second-order valence-electron chi connectivity index (χ2n) is 5.00. The second-order valence-corrected chi connectivity index (χ2v) is 5.44. The largest absolute Gasteiger partial charge is 0.490 e. The van der Waals surface area contributed by atoms with Crippen LogP contribution in [0.1, 0.15) is 39.5 Å². The zero-order valence-electron chi connectivity index (χ0n) is 11.8. The van der Waals surface area contributed by atoms with Gasteiger partial charge in [0, 0.05) is 17.1 Å². The van der Waals surface area contributed by atoms with Gasteiger partial charge in [-0.15, -0.1) is 0 Å². The summed E-state index contributed by atoms with van der Waals surface area (Å²) in [7, 11) is 0. The molecule has 0 saturated carbocycles. The average Bonchev–Trinajstić information content (AvgIpc) is 2.40. The number of rotatable bonds is 8. The van der Waals surface area contributed by atoms with E-state index in [1.165, 1.54) is 0 Å². The fraction of sp³-hybridized carbons (Fsp3) is 0.600. The van der Waals surface area contributed by atoms with Gasteiger partial charge in [0.05, 0.1) is 0 Å². The summed E-state index contributed by atoms with van der Waals surface area (Å²) in [6, 6.07) is 7.72. The van der Waals surface area contributed by atoms with E-state index in [9.17, 15) is 0 Å². The molecular weight excluding hydrogens is 260 g/mol. The molecule has 3 nitrogen and oxygen atoms in total. The molecule has 2 unspecified atom stereocenters. The van der Waals surface area contributed by atoms with Gasteiger partial charge in [-0.05, 0) is 49.9 Å². The van der Waals surface area contributed by atoms with Crippen molar-refractivity contribution in [2.45, 2.75) is 57.7 Å². The van der Waals surface area contributed by atoms with E-state index in [0.717, 1.165) is 31.4 Å². The number of halogens is 1. The maximum atomic E-state index is 6.03. The Hall–Kier alpha value is -0.770. The van der Waals surface area contributed by atoms with Crippen molar-refractivity contribution in [1.82, 2.24) is 0 Å². The summed E-state index contributed by atoms with van der Waals surface area (Å²) >= 11 is 5.87. The number of benzene rings is 1. The van der Waals surface area contributed by atoms with Crippen molar-refractivity contribution in [3.05, 3.63) is 29.3 Å². The minimum absolute atomic E-state index is 0.0612. The second kappa shape index (κ2) is 8.41. The molecule has 0 heterocycles. The molecule has 0 aromatic heterocycles. The number of nitrogens with two attached hydrogens (primary N) is 2. The first-order valence-electron chi connectivity index (χ1n) is 6.98. The standard InChI is InChI=1S/C15H25ClN2O/c1-3-12(17)9-15(10-13(18)4-2)19-14-7-5-11(16)6-8-14/h5-8,12-13,15H,3-4,9-10,17-18H2,1-2H3. The van der Waals surface area contributed by atoms with E-state index in [-0.39, 0.29) is 18.2 Å². The topological polar surface area (TPSA) is 61.3 Å². The highest BCUT2D eigenvalue weighted by molar-refractivity contribution is 6.30. The van der Waals surface area contributed by atoms with Gasteiger partial charge in [-0.3, -0.25) is 0 Å². The van der Waals surface area contributed by atoms with Crippen LogP contribution in [0.3, 0.4) is 0 Å². The predicted octanol–water partition coefficient (Wildman–Crippen LogP) is 3.34. The third-order valence-corrected chi connectivity index (χ3v) is 3.55. The lowest BCUT2D eigenvalue weighted by molar-refractivity contribution is 0.161. The van der Waals surface area contributed by atoms with Gasteiger partial charge in [-0.1, -0.05) is 25.4 Å². The summed E-state index contributed by atoms with van der Waals surface area (Å²) in [6.45, 7) is 4.17. The monoisotopic (exact) mass is 284 g/mol. The Morgan fingerprint density at radius 2 is 1.47 bits per heavy atom. The van der Waals surface area contributed by atoms with E-state index in [4.69, 9.17) is 27.8 Å². The Morgan fingerprint density at radius 1 is 1.00 bits per heavy atom. The Labute approximate surface area is 121 Å². The van der Waals surface area contributed by atoms with Crippen molar-refractivity contribution >= 4 is 11.6 Å². The summed E-state index contributed by atoms with van der Waals surface area (Å²) < 4.78 is 6.00. The van der Waals surface area contributed by atoms with Gasteiger partial charge in [0.15, 0.2) is 0 Å². The quantitative estimate of drug-likeness (QED) is 0.770. The van der Waals surface area contributed by atoms with Crippen LogP contribution < -0.4 is 16.2 Å². The SMILES string of the molecule is CCC(N)CC(CC(N)CC)Oc1ccc(Cl)cc1. The van der Waals surface area contributed by atoms with Gasteiger partial charge in [0.2, 0.25) is 0 Å². The van der Waals surface area contributed by atoms with Crippen molar-refractivity contribution in [1.29, 1.82) is 0 Å². The molecule has 1 aromatic carbocycles. The van der Waals surface area contributed by atoms with Crippen LogP contribution in [0, 0.1) is 0 Å². The van der Waals surface area contributed by atoms with Crippen molar-refractivity contribution < 1.29 is 4.74 Å². The third kappa shape index (κ3) is 6.28. The van der Waals surface area contributed by atoms with Crippen LogP contribution >= 0.6 is 11.6 Å². The van der Waals surface area contributed by atoms with E-state index in [0.29, 0.717) is 5.02 Å². The minimum Gasteiger partial charge on any atom is -0.490 e. The van der Waals surface area contributed by atoms with E-state index in [2.05, 4.69) is 13.8 Å². The average molecular weight is 285 g/mol. The molecule has 1 rings (SSSR count). The molecule has 2 atom stereocenters. The Balaban J connectivity index is 2.64. The van der Waals surface area contributed by atoms with E-state index >= 15 is 0 Å². The van der Waals surface area contributed by atoms with E-state index < -0.39 is 0 Å². The van der Waals surface area contributed by atoms with E-state index in [1.807, 2.05) is 24.3 Å².